The SMILES string of the molecule is CC12C3CCC(C3)C1C1CCC2C1. The molecule has 0 heterocycles. The first-order valence-corrected chi connectivity index (χ1v) is 6.30. The fourth-order valence-electron chi connectivity index (χ4n) is 6.09. The molecule has 4 saturated carbocycles. The molecule has 72 valence electrons. The molecule has 13 heavy (non-hydrogen) atoms. The third-order valence-corrected chi connectivity index (χ3v) is 6.44. The van der Waals surface area contributed by atoms with Crippen LogP contribution in [0.1, 0.15) is 45.4 Å². The van der Waals surface area contributed by atoms with E-state index in [2.05, 4.69) is 6.92 Å². The van der Waals surface area contributed by atoms with E-state index < -0.39 is 0 Å². The largest absolute Gasteiger partial charge is 0.0588 e. The van der Waals surface area contributed by atoms with Gasteiger partial charge in [0.2, 0.25) is 0 Å². The van der Waals surface area contributed by atoms with Gasteiger partial charge in [-0.25, -0.2) is 0 Å². The van der Waals surface area contributed by atoms with Crippen molar-refractivity contribution in [1.82, 2.24) is 0 Å². The molecule has 0 aromatic heterocycles. The third kappa shape index (κ3) is 0.620. The smallest absolute Gasteiger partial charge is 0.0235 e. The second kappa shape index (κ2) is 1.99. The molecule has 0 aromatic rings. The van der Waals surface area contributed by atoms with E-state index in [-0.39, 0.29) is 0 Å². The van der Waals surface area contributed by atoms with Crippen LogP contribution in [0.15, 0.2) is 0 Å². The average Bonchev–Trinajstić information content (AvgIpc) is 2.79. The molecular formula is C13H20. The molecule has 0 aliphatic heterocycles. The molecule has 0 heteroatoms. The Labute approximate surface area is 81.1 Å². The van der Waals surface area contributed by atoms with Crippen molar-refractivity contribution in [2.45, 2.75) is 45.4 Å². The van der Waals surface area contributed by atoms with Gasteiger partial charge in [0.25, 0.3) is 0 Å². The van der Waals surface area contributed by atoms with Crippen molar-refractivity contribution in [2.75, 3.05) is 0 Å². The summed E-state index contributed by atoms with van der Waals surface area (Å²) in [4.78, 5) is 0. The minimum absolute atomic E-state index is 0.839. The Bertz CT molecular complexity index is 233. The summed E-state index contributed by atoms with van der Waals surface area (Å²) in [5.74, 6) is 5.83. The van der Waals surface area contributed by atoms with E-state index >= 15 is 0 Å². The van der Waals surface area contributed by atoms with Crippen LogP contribution in [0.3, 0.4) is 0 Å². The highest BCUT2D eigenvalue weighted by Gasteiger charge is 2.66. The summed E-state index contributed by atoms with van der Waals surface area (Å²) < 4.78 is 0. The lowest BCUT2D eigenvalue weighted by Gasteiger charge is -2.44. The van der Waals surface area contributed by atoms with Crippen molar-refractivity contribution >= 4 is 0 Å². The highest BCUT2D eigenvalue weighted by atomic mass is 14.7. The standard InChI is InChI=1S/C13H20/c1-13-10-4-2-8(6-10)12(13)9-3-5-11(13)7-9/h8-12H,2-7H2,1H3. The Kier molecular flexibility index (Phi) is 1.12. The van der Waals surface area contributed by atoms with E-state index in [0.29, 0.717) is 0 Å². The van der Waals surface area contributed by atoms with Gasteiger partial charge < -0.3 is 0 Å². The quantitative estimate of drug-likeness (QED) is 0.496. The highest BCUT2D eigenvalue weighted by molar-refractivity contribution is 5.15. The lowest BCUT2D eigenvalue weighted by Crippen LogP contribution is -2.38. The van der Waals surface area contributed by atoms with Gasteiger partial charge in [-0.15, -0.1) is 0 Å². The molecule has 4 atom stereocenters. The van der Waals surface area contributed by atoms with E-state index in [4.69, 9.17) is 0 Å². The zero-order chi connectivity index (χ0) is 8.63. The van der Waals surface area contributed by atoms with Gasteiger partial charge in [0.1, 0.15) is 0 Å². The van der Waals surface area contributed by atoms with Crippen LogP contribution in [-0.2, 0) is 0 Å². The van der Waals surface area contributed by atoms with Gasteiger partial charge in [0, 0.05) is 0 Å². The van der Waals surface area contributed by atoms with E-state index in [0.717, 1.165) is 17.3 Å². The van der Waals surface area contributed by atoms with Crippen molar-refractivity contribution in [1.29, 1.82) is 0 Å². The minimum atomic E-state index is 0.839. The molecule has 4 aliphatic carbocycles. The van der Waals surface area contributed by atoms with Crippen LogP contribution in [0.25, 0.3) is 0 Å². The van der Waals surface area contributed by atoms with Crippen LogP contribution in [0.2, 0.25) is 0 Å². The van der Waals surface area contributed by atoms with Crippen molar-refractivity contribution < 1.29 is 0 Å². The van der Waals surface area contributed by atoms with Crippen molar-refractivity contribution in [3.63, 3.8) is 0 Å². The third-order valence-electron chi connectivity index (χ3n) is 6.44. The van der Waals surface area contributed by atoms with Gasteiger partial charge >= 0.3 is 0 Å². The van der Waals surface area contributed by atoms with Crippen molar-refractivity contribution in [3.05, 3.63) is 0 Å². The van der Waals surface area contributed by atoms with Crippen LogP contribution in [0.4, 0.5) is 0 Å². The van der Waals surface area contributed by atoms with Gasteiger partial charge in [0.15, 0.2) is 0 Å². The summed E-state index contributed by atoms with van der Waals surface area (Å²) >= 11 is 0. The molecule has 4 aliphatic rings. The van der Waals surface area contributed by atoms with Gasteiger partial charge in [-0.05, 0) is 73.5 Å². The Morgan fingerprint density at radius 1 is 0.846 bits per heavy atom. The molecule has 0 spiro atoms. The summed E-state index contributed by atoms with van der Waals surface area (Å²) in [6.07, 6.45) is 9.59. The molecule has 4 fully saturated rings. The van der Waals surface area contributed by atoms with Crippen molar-refractivity contribution in [3.8, 4) is 0 Å². The fraction of sp³-hybridized carbons (Fsp3) is 1.00. The monoisotopic (exact) mass is 176 g/mol. The Morgan fingerprint density at radius 2 is 1.38 bits per heavy atom. The van der Waals surface area contributed by atoms with Gasteiger partial charge in [-0.1, -0.05) is 6.92 Å². The summed E-state index contributed by atoms with van der Waals surface area (Å²) in [5.41, 5.74) is 0.839. The first-order chi connectivity index (χ1) is 6.30. The maximum atomic E-state index is 2.66. The number of rotatable bonds is 0. The predicted molar refractivity (Wildman–Crippen MR) is 53.3 cm³/mol. The van der Waals surface area contributed by atoms with Gasteiger partial charge in [-0.2, -0.15) is 0 Å². The molecule has 0 aromatic carbocycles. The molecule has 0 N–H and O–H groups in total. The summed E-state index contributed by atoms with van der Waals surface area (Å²) in [5, 5.41) is 0. The van der Waals surface area contributed by atoms with Crippen molar-refractivity contribution in [2.24, 2.45) is 35.0 Å². The second-order valence-electron chi connectivity index (χ2n) is 6.43. The number of fused-ring (bicyclic) bond motifs is 9. The predicted octanol–water partition coefficient (Wildman–Crippen LogP) is 3.47. The van der Waals surface area contributed by atoms with Gasteiger partial charge in [-0.3, -0.25) is 0 Å². The first-order valence-electron chi connectivity index (χ1n) is 6.30. The molecule has 0 radical (unpaired) electrons. The van der Waals surface area contributed by atoms with Crippen LogP contribution in [0, 0.1) is 35.0 Å². The zero-order valence-electron chi connectivity index (χ0n) is 8.63. The van der Waals surface area contributed by atoms with Gasteiger partial charge in [0.05, 0.1) is 0 Å². The maximum absolute atomic E-state index is 2.66. The lowest BCUT2D eigenvalue weighted by atomic mass is 9.60. The molecule has 4 rings (SSSR count). The Hall–Kier alpha value is 0. The first kappa shape index (κ1) is 7.31. The minimum Gasteiger partial charge on any atom is -0.0588 e. The molecule has 4 bridgehead atoms. The summed E-state index contributed by atoms with van der Waals surface area (Å²) in [6, 6.07) is 0. The van der Waals surface area contributed by atoms with E-state index in [1.54, 1.807) is 38.5 Å². The summed E-state index contributed by atoms with van der Waals surface area (Å²) in [7, 11) is 0. The van der Waals surface area contributed by atoms with E-state index in [1.165, 1.54) is 17.8 Å². The molecule has 4 unspecified atom stereocenters. The number of hydrogen-bond acceptors (Lipinski definition) is 0. The molecular weight excluding hydrogens is 156 g/mol. The topological polar surface area (TPSA) is 0 Å². The normalized spacial score (nSPS) is 67.6. The second-order valence-corrected chi connectivity index (χ2v) is 6.43. The molecule has 0 saturated heterocycles. The summed E-state index contributed by atoms with van der Waals surface area (Å²) in [6.45, 7) is 2.66. The average molecular weight is 176 g/mol. The number of hydrogen-bond donors (Lipinski definition) is 0. The molecule has 0 amide bonds. The van der Waals surface area contributed by atoms with Crippen LogP contribution < -0.4 is 0 Å². The van der Waals surface area contributed by atoms with Crippen LogP contribution in [-0.4, -0.2) is 0 Å². The zero-order valence-corrected chi connectivity index (χ0v) is 8.63. The van der Waals surface area contributed by atoms with Crippen LogP contribution in [0.5, 0.6) is 0 Å². The molecule has 0 nitrogen and oxygen atoms in total. The lowest BCUT2D eigenvalue weighted by molar-refractivity contribution is 0.0391. The van der Waals surface area contributed by atoms with Crippen LogP contribution >= 0.6 is 0 Å². The Morgan fingerprint density at radius 3 is 1.85 bits per heavy atom. The Balaban J connectivity index is 1.84. The maximum Gasteiger partial charge on any atom is -0.0235 e. The highest BCUT2D eigenvalue weighted by Crippen LogP contribution is 2.73. The van der Waals surface area contributed by atoms with E-state index in [1.807, 2.05) is 0 Å². The fourth-order valence-corrected chi connectivity index (χ4v) is 6.09. The van der Waals surface area contributed by atoms with E-state index in [9.17, 15) is 0 Å².